The molecule has 0 aliphatic rings. The fraction of sp³-hybridized carbons (Fsp3) is 0.0500. The number of rotatable bonds is 6. The minimum absolute atomic E-state index is 0.195. The molecule has 5 nitrogen and oxygen atoms in total. The number of hydrogen-bond donors (Lipinski definition) is 2. The average molecular weight is 364 g/mol. The molecule has 0 fully saturated rings. The minimum atomic E-state index is -0.982. The van der Waals surface area contributed by atoms with Crippen molar-refractivity contribution in [2.45, 2.75) is 10.9 Å². The predicted octanol–water partition coefficient (Wildman–Crippen LogP) is 3.83. The van der Waals surface area contributed by atoms with E-state index in [2.05, 4.69) is 9.97 Å². The zero-order valence-electron chi connectivity index (χ0n) is 13.8. The number of aromatic nitrogens is 2. The molecule has 0 aliphatic heterocycles. The van der Waals surface area contributed by atoms with Gasteiger partial charge in [0.2, 0.25) is 0 Å². The van der Waals surface area contributed by atoms with Gasteiger partial charge in [0, 0.05) is 23.5 Å². The zero-order valence-corrected chi connectivity index (χ0v) is 14.6. The third-order valence-electron chi connectivity index (χ3n) is 3.53. The van der Waals surface area contributed by atoms with Gasteiger partial charge in [0.15, 0.2) is 5.16 Å². The van der Waals surface area contributed by atoms with Gasteiger partial charge in [0.1, 0.15) is 0 Å². The number of carboxylic acids is 1. The largest absolute Gasteiger partial charge is 0.478 e. The van der Waals surface area contributed by atoms with Gasteiger partial charge in [-0.25, -0.2) is 9.78 Å². The Balaban J connectivity index is 1.76. The van der Waals surface area contributed by atoms with E-state index < -0.39 is 5.97 Å². The van der Waals surface area contributed by atoms with Gasteiger partial charge in [0.25, 0.3) is 5.56 Å². The molecule has 2 N–H and O–H groups in total. The molecule has 1 aromatic heterocycles. The van der Waals surface area contributed by atoms with E-state index in [1.807, 2.05) is 54.6 Å². The molecule has 26 heavy (non-hydrogen) atoms. The monoisotopic (exact) mass is 364 g/mol. The lowest BCUT2D eigenvalue weighted by molar-refractivity contribution is -0.131. The highest BCUT2D eigenvalue weighted by Crippen LogP contribution is 2.22. The second-order valence-electron chi connectivity index (χ2n) is 5.51. The molecule has 0 saturated carbocycles. The van der Waals surface area contributed by atoms with Crippen LogP contribution in [0.15, 0.2) is 76.7 Å². The molecular formula is C20H16N2O3S. The van der Waals surface area contributed by atoms with E-state index in [0.29, 0.717) is 16.6 Å². The fourth-order valence-corrected chi connectivity index (χ4v) is 3.18. The van der Waals surface area contributed by atoms with Crippen molar-refractivity contribution in [3.8, 4) is 11.3 Å². The van der Waals surface area contributed by atoms with Gasteiger partial charge in [0.05, 0.1) is 5.69 Å². The Morgan fingerprint density at radius 3 is 2.69 bits per heavy atom. The van der Waals surface area contributed by atoms with Crippen molar-refractivity contribution in [1.82, 2.24) is 9.97 Å². The van der Waals surface area contributed by atoms with Crippen LogP contribution in [0.25, 0.3) is 17.3 Å². The van der Waals surface area contributed by atoms with Crippen molar-refractivity contribution in [2.24, 2.45) is 0 Å². The molecule has 0 aliphatic carbocycles. The van der Waals surface area contributed by atoms with E-state index in [0.717, 1.165) is 22.8 Å². The average Bonchev–Trinajstić information content (AvgIpc) is 2.65. The van der Waals surface area contributed by atoms with Gasteiger partial charge in [-0.05, 0) is 17.2 Å². The maximum atomic E-state index is 11.9. The highest BCUT2D eigenvalue weighted by atomic mass is 32.2. The third kappa shape index (κ3) is 4.94. The molecule has 3 aromatic rings. The number of H-pyrrole nitrogens is 1. The number of aromatic amines is 1. The second-order valence-corrected chi connectivity index (χ2v) is 6.47. The summed E-state index contributed by atoms with van der Waals surface area (Å²) in [6, 6.07) is 18.6. The SMILES string of the molecule is O=C(O)/C=C/c1cccc(CSc2nc(-c3ccccc3)cc(=O)[nH]2)c1. The van der Waals surface area contributed by atoms with Crippen molar-refractivity contribution in [1.29, 1.82) is 0 Å². The number of hydrogen-bond acceptors (Lipinski definition) is 4. The highest BCUT2D eigenvalue weighted by Gasteiger charge is 2.05. The van der Waals surface area contributed by atoms with Gasteiger partial charge in [-0.3, -0.25) is 4.79 Å². The standard InChI is InChI=1S/C20H16N2O3S/c23-18-12-17(16-7-2-1-3-8-16)21-20(22-18)26-13-15-6-4-5-14(11-15)9-10-19(24)25/h1-12H,13H2,(H,24,25)(H,21,22,23)/b10-9+. The first-order valence-corrected chi connectivity index (χ1v) is 8.88. The molecule has 3 rings (SSSR count). The number of carboxylic acid groups (broad SMARTS) is 1. The van der Waals surface area contributed by atoms with Crippen LogP contribution in [0.2, 0.25) is 0 Å². The van der Waals surface area contributed by atoms with Crippen LogP contribution in [0.1, 0.15) is 11.1 Å². The van der Waals surface area contributed by atoms with Crippen LogP contribution in [0.4, 0.5) is 0 Å². The van der Waals surface area contributed by atoms with Crippen LogP contribution in [-0.2, 0) is 10.5 Å². The zero-order chi connectivity index (χ0) is 18.4. The van der Waals surface area contributed by atoms with Crippen LogP contribution >= 0.6 is 11.8 Å². The van der Waals surface area contributed by atoms with Crippen LogP contribution in [-0.4, -0.2) is 21.0 Å². The normalized spacial score (nSPS) is 10.9. The van der Waals surface area contributed by atoms with Crippen LogP contribution in [0.3, 0.4) is 0 Å². The van der Waals surface area contributed by atoms with Crippen molar-refractivity contribution in [2.75, 3.05) is 0 Å². The van der Waals surface area contributed by atoms with Gasteiger partial charge in [-0.2, -0.15) is 0 Å². The van der Waals surface area contributed by atoms with E-state index in [4.69, 9.17) is 5.11 Å². The molecule has 130 valence electrons. The topological polar surface area (TPSA) is 83.0 Å². The lowest BCUT2D eigenvalue weighted by atomic mass is 10.1. The Hall–Kier alpha value is -3.12. The first-order valence-electron chi connectivity index (χ1n) is 7.90. The summed E-state index contributed by atoms with van der Waals surface area (Å²) in [6.45, 7) is 0. The molecule has 0 bridgehead atoms. The molecule has 0 unspecified atom stereocenters. The molecule has 0 saturated heterocycles. The predicted molar refractivity (Wildman–Crippen MR) is 103 cm³/mol. The summed E-state index contributed by atoms with van der Waals surface area (Å²) in [6.07, 6.45) is 2.65. The molecule has 1 heterocycles. The Kier molecular flexibility index (Phi) is 5.66. The molecular weight excluding hydrogens is 348 g/mol. The summed E-state index contributed by atoms with van der Waals surface area (Å²) >= 11 is 1.42. The molecule has 0 amide bonds. The molecule has 0 spiro atoms. The van der Waals surface area contributed by atoms with E-state index in [1.54, 1.807) is 6.08 Å². The summed E-state index contributed by atoms with van der Waals surface area (Å²) in [5, 5.41) is 9.25. The summed E-state index contributed by atoms with van der Waals surface area (Å²) < 4.78 is 0. The van der Waals surface area contributed by atoms with E-state index in [-0.39, 0.29) is 5.56 Å². The van der Waals surface area contributed by atoms with Crippen molar-refractivity contribution >= 4 is 23.8 Å². The lowest BCUT2D eigenvalue weighted by Gasteiger charge is -2.05. The van der Waals surface area contributed by atoms with Crippen molar-refractivity contribution < 1.29 is 9.90 Å². The Labute approximate surface area is 154 Å². The van der Waals surface area contributed by atoms with Crippen LogP contribution < -0.4 is 5.56 Å². The molecule has 0 radical (unpaired) electrons. The van der Waals surface area contributed by atoms with E-state index >= 15 is 0 Å². The Morgan fingerprint density at radius 1 is 1.12 bits per heavy atom. The maximum Gasteiger partial charge on any atom is 0.328 e. The molecule has 6 heteroatoms. The summed E-state index contributed by atoms with van der Waals surface area (Å²) in [5.41, 5.74) is 3.15. The van der Waals surface area contributed by atoms with Gasteiger partial charge >= 0.3 is 5.97 Å². The Bertz CT molecular complexity index is 997. The lowest BCUT2D eigenvalue weighted by Crippen LogP contribution is -2.08. The Morgan fingerprint density at radius 2 is 1.92 bits per heavy atom. The van der Waals surface area contributed by atoms with E-state index in [9.17, 15) is 9.59 Å². The quantitative estimate of drug-likeness (QED) is 0.395. The number of benzene rings is 2. The summed E-state index contributed by atoms with van der Waals surface area (Å²) in [5.74, 6) is -0.375. The minimum Gasteiger partial charge on any atom is -0.478 e. The third-order valence-corrected chi connectivity index (χ3v) is 4.48. The molecule has 2 aromatic carbocycles. The van der Waals surface area contributed by atoms with Gasteiger partial charge in [-0.15, -0.1) is 0 Å². The van der Waals surface area contributed by atoms with Crippen molar-refractivity contribution in [3.63, 3.8) is 0 Å². The number of nitrogens with zero attached hydrogens (tertiary/aromatic N) is 1. The first-order chi connectivity index (χ1) is 12.6. The summed E-state index contributed by atoms with van der Waals surface area (Å²) in [7, 11) is 0. The van der Waals surface area contributed by atoms with Crippen LogP contribution in [0.5, 0.6) is 0 Å². The number of carbonyl (C=O) groups is 1. The van der Waals surface area contributed by atoms with Crippen molar-refractivity contribution in [3.05, 3.63) is 88.2 Å². The summed E-state index contributed by atoms with van der Waals surface area (Å²) in [4.78, 5) is 29.8. The molecule has 0 atom stereocenters. The van der Waals surface area contributed by atoms with Gasteiger partial charge in [-0.1, -0.05) is 66.4 Å². The second kappa shape index (κ2) is 8.31. The first kappa shape index (κ1) is 17.7. The van der Waals surface area contributed by atoms with E-state index in [1.165, 1.54) is 17.8 Å². The van der Waals surface area contributed by atoms with Gasteiger partial charge < -0.3 is 10.1 Å². The smallest absolute Gasteiger partial charge is 0.328 e. The number of aliphatic carboxylic acids is 1. The maximum absolute atomic E-state index is 11.9. The number of thioether (sulfide) groups is 1. The number of nitrogens with one attached hydrogen (secondary N) is 1. The fourth-order valence-electron chi connectivity index (χ4n) is 2.37. The highest BCUT2D eigenvalue weighted by molar-refractivity contribution is 7.98. The van der Waals surface area contributed by atoms with Crippen LogP contribution in [0, 0.1) is 0 Å².